The molecular weight excluding hydrogens is 414 g/mol. The predicted octanol–water partition coefficient (Wildman–Crippen LogP) is 4.46. The summed E-state index contributed by atoms with van der Waals surface area (Å²) >= 11 is 11.2. The van der Waals surface area contributed by atoms with Crippen molar-refractivity contribution in [1.82, 2.24) is 5.32 Å². The molecule has 0 aromatic heterocycles. The molecule has 0 aliphatic rings. The van der Waals surface area contributed by atoms with E-state index in [-0.39, 0.29) is 15.8 Å². The van der Waals surface area contributed by atoms with Crippen LogP contribution in [0, 0.1) is 0 Å². The number of nitrogens with zero attached hydrogens (tertiary/aromatic N) is 1. The number of sulfonamides is 1. The standard InChI is InChI=1S/C20H16ClN3O2S2/c21-16-11-13-17(14-12-16)22-20(27)23-19(15-7-3-1-4-8-15)24-28(25,26)18-9-5-2-6-10-18/h1-14H,(H2,22,23,24,27). The first kappa shape index (κ1) is 20.0. The first-order valence-corrected chi connectivity index (χ1v) is 10.5. The van der Waals surface area contributed by atoms with Gasteiger partial charge < -0.3 is 10.6 Å². The maximum Gasteiger partial charge on any atom is 0.284 e. The zero-order chi connectivity index (χ0) is 20.0. The van der Waals surface area contributed by atoms with Crippen molar-refractivity contribution in [2.24, 2.45) is 4.40 Å². The number of thiocarbonyl (C=S) groups is 1. The molecule has 0 bridgehead atoms. The topological polar surface area (TPSA) is 70.6 Å². The summed E-state index contributed by atoms with van der Waals surface area (Å²) in [7, 11) is -3.91. The molecule has 3 aromatic rings. The Balaban J connectivity index is 1.90. The highest BCUT2D eigenvalue weighted by Gasteiger charge is 2.16. The second kappa shape index (κ2) is 8.97. The molecule has 142 valence electrons. The summed E-state index contributed by atoms with van der Waals surface area (Å²) in [5.74, 6) is 0.121. The number of hydrogen-bond donors (Lipinski definition) is 2. The molecule has 0 aliphatic carbocycles. The van der Waals surface area contributed by atoms with E-state index in [0.29, 0.717) is 16.3 Å². The van der Waals surface area contributed by atoms with Crippen molar-refractivity contribution < 1.29 is 8.42 Å². The number of rotatable bonds is 4. The third-order valence-corrected chi connectivity index (χ3v) is 5.38. The van der Waals surface area contributed by atoms with E-state index in [1.807, 2.05) is 6.07 Å². The lowest BCUT2D eigenvalue weighted by molar-refractivity contribution is 0.598. The van der Waals surface area contributed by atoms with Gasteiger partial charge in [0.2, 0.25) is 0 Å². The van der Waals surface area contributed by atoms with Crippen molar-refractivity contribution in [3.05, 3.63) is 95.5 Å². The van der Waals surface area contributed by atoms with E-state index in [9.17, 15) is 8.42 Å². The second-order valence-electron chi connectivity index (χ2n) is 5.68. The van der Waals surface area contributed by atoms with E-state index in [1.54, 1.807) is 66.7 Å². The van der Waals surface area contributed by atoms with Gasteiger partial charge in [-0.15, -0.1) is 4.40 Å². The monoisotopic (exact) mass is 429 g/mol. The third kappa shape index (κ3) is 5.39. The lowest BCUT2D eigenvalue weighted by Gasteiger charge is -2.13. The van der Waals surface area contributed by atoms with Gasteiger partial charge in [0.25, 0.3) is 10.0 Å². The van der Waals surface area contributed by atoms with Gasteiger partial charge in [-0.25, -0.2) is 0 Å². The Morgan fingerprint density at radius 3 is 2.04 bits per heavy atom. The van der Waals surface area contributed by atoms with Crippen LogP contribution in [0.1, 0.15) is 5.56 Å². The van der Waals surface area contributed by atoms with Crippen LogP contribution >= 0.6 is 23.8 Å². The van der Waals surface area contributed by atoms with E-state index in [4.69, 9.17) is 23.8 Å². The molecule has 0 spiro atoms. The Kier molecular flexibility index (Phi) is 6.41. The molecule has 0 heterocycles. The van der Waals surface area contributed by atoms with E-state index in [0.717, 1.165) is 0 Å². The number of amidine groups is 1. The van der Waals surface area contributed by atoms with Gasteiger partial charge in [0, 0.05) is 16.3 Å². The first-order valence-electron chi connectivity index (χ1n) is 8.23. The second-order valence-corrected chi connectivity index (χ2v) is 8.13. The quantitative estimate of drug-likeness (QED) is 0.364. The molecule has 28 heavy (non-hydrogen) atoms. The van der Waals surface area contributed by atoms with E-state index in [2.05, 4.69) is 15.0 Å². The Labute approximate surface area is 174 Å². The summed E-state index contributed by atoms with van der Waals surface area (Å²) < 4.78 is 29.3. The summed E-state index contributed by atoms with van der Waals surface area (Å²) in [6.45, 7) is 0. The maximum atomic E-state index is 12.7. The van der Waals surface area contributed by atoms with Gasteiger partial charge in [-0.2, -0.15) is 8.42 Å². The van der Waals surface area contributed by atoms with Gasteiger partial charge >= 0.3 is 0 Å². The number of benzene rings is 3. The van der Waals surface area contributed by atoms with Gasteiger partial charge in [-0.3, -0.25) is 0 Å². The minimum Gasteiger partial charge on any atom is -0.332 e. The molecule has 8 heteroatoms. The number of hydrogen-bond acceptors (Lipinski definition) is 3. The first-order chi connectivity index (χ1) is 13.4. The summed E-state index contributed by atoms with van der Waals surface area (Å²) in [6, 6.07) is 23.9. The summed E-state index contributed by atoms with van der Waals surface area (Å²) in [5, 5.41) is 6.67. The molecular formula is C20H16ClN3O2S2. The molecule has 0 aliphatic heterocycles. The van der Waals surface area contributed by atoms with Gasteiger partial charge in [-0.1, -0.05) is 60.1 Å². The molecule has 5 nitrogen and oxygen atoms in total. The SMILES string of the molecule is O=S(=O)(N=C(NC(=S)Nc1ccc(Cl)cc1)c1ccccc1)c1ccccc1. The fraction of sp³-hybridized carbons (Fsp3) is 0. The predicted molar refractivity (Wildman–Crippen MR) is 117 cm³/mol. The number of anilines is 1. The highest BCUT2D eigenvalue weighted by molar-refractivity contribution is 7.90. The van der Waals surface area contributed by atoms with Crippen molar-refractivity contribution in [3.63, 3.8) is 0 Å². The molecule has 0 saturated heterocycles. The summed E-state index contributed by atoms with van der Waals surface area (Å²) in [6.07, 6.45) is 0. The summed E-state index contributed by atoms with van der Waals surface area (Å²) in [4.78, 5) is 0.0989. The fourth-order valence-corrected chi connectivity index (χ4v) is 3.65. The van der Waals surface area contributed by atoms with Gasteiger partial charge in [0.15, 0.2) is 10.9 Å². The summed E-state index contributed by atoms with van der Waals surface area (Å²) in [5.41, 5.74) is 1.29. The zero-order valence-electron chi connectivity index (χ0n) is 14.5. The van der Waals surface area contributed by atoms with E-state index >= 15 is 0 Å². The van der Waals surface area contributed by atoms with Crippen molar-refractivity contribution in [1.29, 1.82) is 0 Å². The fourth-order valence-electron chi connectivity index (χ4n) is 2.31. The highest BCUT2D eigenvalue weighted by atomic mass is 35.5. The molecule has 0 amide bonds. The molecule has 0 radical (unpaired) electrons. The van der Waals surface area contributed by atoms with Gasteiger partial charge in [-0.05, 0) is 48.6 Å². The molecule has 3 rings (SSSR count). The smallest absolute Gasteiger partial charge is 0.284 e. The van der Waals surface area contributed by atoms with Crippen LogP contribution in [0.25, 0.3) is 0 Å². The lowest BCUT2D eigenvalue weighted by atomic mass is 10.2. The van der Waals surface area contributed by atoms with Crippen molar-refractivity contribution in [3.8, 4) is 0 Å². The lowest BCUT2D eigenvalue weighted by Crippen LogP contribution is -2.35. The Bertz CT molecular complexity index is 1090. The Morgan fingerprint density at radius 2 is 1.43 bits per heavy atom. The van der Waals surface area contributed by atoms with Crippen LogP contribution in [0.3, 0.4) is 0 Å². The number of nitrogens with one attached hydrogen (secondary N) is 2. The molecule has 0 fully saturated rings. The third-order valence-electron chi connectivity index (χ3n) is 3.63. The zero-order valence-corrected chi connectivity index (χ0v) is 16.9. The van der Waals surface area contributed by atoms with Crippen LogP contribution in [-0.4, -0.2) is 19.4 Å². The average Bonchev–Trinajstić information content (AvgIpc) is 2.70. The van der Waals surface area contributed by atoms with Crippen molar-refractivity contribution >= 4 is 50.5 Å². The van der Waals surface area contributed by atoms with E-state index < -0.39 is 10.0 Å². The van der Waals surface area contributed by atoms with Crippen LogP contribution in [0.5, 0.6) is 0 Å². The molecule has 3 aromatic carbocycles. The van der Waals surface area contributed by atoms with Gasteiger partial charge in [0.1, 0.15) is 0 Å². The van der Waals surface area contributed by atoms with Crippen LogP contribution in [0.15, 0.2) is 94.2 Å². The maximum absolute atomic E-state index is 12.7. The molecule has 0 atom stereocenters. The van der Waals surface area contributed by atoms with Gasteiger partial charge in [0.05, 0.1) is 4.90 Å². The minimum absolute atomic E-state index is 0.0989. The average molecular weight is 430 g/mol. The molecule has 0 saturated carbocycles. The minimum atomic E-state index is -3.91. The normalized spacial score (nSPS) is 11.7. The van der Waals surface area contributed by atoms with Crippen LogP contribution in [-0.2, 0) is 10.0 Å². The largest absolute Gasteiger partial charge is 0.332 e. The van der Waals surface area contributed by atoms with Crippen LogP contribution < -0.4 is 10.6 Å². The molecule has 0 unspecified atom stereocenters. The van der Waals surface area contributed by atoms with Crippen LogP contribution in [0.4, 0.5) is 5.69 Å². The van der Waals surface area contributed by atoms with E-state index in [1.165, 1.54) is 12.1 Å². The highest BCUT2D eigenvalue weighted by Crippen LogP contribution is 2.15. The number of halogens is 1. The van der Waals surface area contributed by atoms with Crippen molar-refractivity contribution in [2.75, 3.05) is 5.32 Å². The molecule has 2 N–H and O–H groups in total. The van der Waals surface area contributed by atoms with Crippen LogP contribution in [0.2, 0.25) is 5.02 Å². The van der Waals surface area contributed by atoms with Crippen molar-refractivity contribution in [2.45, 2.75) is 4.90 Å². The Hall–Kier alpha value is -2.74. The Morgan fingerprint density at radius 1 is 0.857 bits per heavy atom.